The van der Waals surface area contributed by atoms with E-state index < -0.39 is 5.91 Å². The summed E-state index contributed by atoms with van der Waals surface area (Å²) in [5, 5.41) is 10.6. The molecule has 19 heavy (non-hydrogen) atoms. The molecular weight excluding hydrogens is 314 g/mol. The largest absolute Gasteiger partial charge is 0.379 e. The molecule has 2 aromatic rings. The number of nitrogens with zero attached hydrogens (tertiary/aromatic N) is 3. The zero-order valence-electron chi connectivity index (χ0n) is 9.92. The highest BCUT2D eigenvalue weighted by molar-refractivity contribution is 9.10. The standard InChI is InChI=1S/C11H10BrN5O2/c1-6(7-2-4-8(12)5-3-7)14-15-11(18)9-10(13)17-19-16-9/h2-5H,1H3,(H2,13,17)(H,15,18)/b14-6-. The maximum Gasteiger partial charge on any atom is 0.297 e. The Kier molecular flexibility index (Phi) is 3.91. The molecule has 0 unspecified atom stereocenters. The molecule has 0 bridgehead atoms. The highest BCUT2D eigenvalue weighted by Gasteiger charge is 2.15. The van der Waals surface area contributed by atoms with Crippen molar-refractivity contribution in [2.24, 2.45) is 5.10 Å². The number of hydrazone groups is 1. The summed E-state index contributed by atoms with van der Waals surface area (Å²) < 4.78 is 5.30. The zero-order chi connectivity index (χ0) is 13.8. The lowest BCUT2D eigenvalue weighted by Crippen LogP contribution is -2.20. The summed E-state index contributed by atoms with van der Waals surface area (Å²) in [6.07, 6.45) is 0. The van der Waals surface area contributed by atoms with E-state index in [1.165, 1.54) is 0 Å². The molecule has 3 N–H and O–H groups in total. The number of amides is 1. The fourth-order valence-corrected chi connectivity index (χ4v) is 1.56. The van der Waals surface area contributed by atoms with Crippen LogP contribution in [0.3, 0.4) is 0 Å². The maximum atomic E-state index is 11.6. The second-order valence-corrected chi connectivity index (χ2v) is 4.56. The van der Waals surface area contributed by atoms with Crippen molar-refractivity contribution in [3.05, 3.63) is 40.0 Å². The Morgan fingerprint density at radius 2 is 2.05 bits per heavy atom. The minimum Gasteiger partial charge on any atom is -0.379 e. The van der Waals surface area contributed by atoms with Crippen LogP contribution in [0.4, 0.5) is 5.82 Å². The average molecular weight is 324 g/mol. The Hall–Kier alpha value is -2.22. The third-order valence-electron chi connectivity index (χ3n) is 2.32. The number of hydrogen-bond acceptors (Lipinski definition) is 6. The van der Waals surface area contributed by atoms with E-state index in [1.54, 1.807) is 6.92 Å². The predicted molar refractivity (Wildman–Crippen MR) is 72.5 cm³/mol. The molecule has 0 aliphatic rings. The third kappa shape index (κ3) is 3.16. The first-order valence-electron chi connectivity index (χ1n) is 5.26. The number of aromatic nitrogens is 2. The number of benzene rings is 1. The van der Waals surface area contributed by atoms with Crippen molar-refractivity contribution in [3.8, 4) is 0 Å². The molecule has 2 rings (SSSR count). The van der Waals surface area contributed by atoms with Crippen LogP contribution < -0.4 is 11.2 Å². The average Bonchev–Trinajstić information content (AvgIpc) is 2.83. The van der Waals surface area contributed by atoms with Crippen molar-refractivity contribution >= 4 is 33.4 Å². The second-order valence-electron chi connectivity index (χ2n) is 3.64. The van der Waals surface area contributed by atoms with E-state index in [0.29, 0.717) is 5.71 Å². The van der Waals surface area contributed by atoms with Crippen LogP contribution in [0, 0.1) is 0 Å². The summed E-state index contributed by atoms with van der Waals surface area (Å²) >= 11 is 3.34. The molecule has 0 atom stereocenters. The van der Waals surface area contributed by atoms with Crippen LogP contribution >= 0.6 is 15.9 Å². The smallest absolute Gasteiger partial charge is 0.297 e. The lowest BCUT2D eigenvalue weighted by atomic mass is 10.1. The van der Waals surface area contributed by atoms with E-state index in [-0.39, 0.29) is 11.5 Å². The predicted octanol–water partition coefficient (Wildman–Crippen LogP) is 1.57. The number of nitrogen functional groups attached to an aromatic ring is 1. The van der Waals surface area contributed by atoms with Crippen molar-refractivity contribution in [3.63, 3.8) is 0 Å². The van der Waals surface area contributed by atoms with Gasteiger partial charge in [-0.3, -0.25) is 4.79 Å². The van der Waals surface area contributed by atoms with Gasteiger partial charge in [0, 0.05) is 4.47 Å². The molecule has 1 aromatic heterocycles. The topological polar surface area (TPSA) is 106 Å². The van der Waals surface area contributed by atoms with Gasteiger partial charge in [0.2, 0.25) is 11.5 Å². The molecule has 8 heteroatoms. The quantitative estimate of drug-likeness (QED) is 0.658. The van der Waals surface area contributed by atoms with E-state index in [0.717, 1.165) is 10.0 Å². The number of nitrogens with one attached hydrogen (secondary N) is 1. The lowest BCUT2D eigenvalue weighted by Gasteiger charge is -2.01. The summed E-state index contributed by atoms with van der Waals surface area (Å²) in [5.41, 5.74) is 9.17. The van der Waals surface area contributed by atoms with Crippen molar-refractivity contribution in [1.82, 2.24) is 15.7 Å². The van der Waals surface area contributed by atoms with E-state index >= 15 is 0 Å². The third-order valence-corrected chi connectivity index (χ3v) is 2.84. The highest BCUT2D eigenvalue weighted by Crippen LogP contribution is 2.11. The van der Waals surface area contributed by atoms with Crippen molar-refractivity contribution < 1.29 is 9.42 Å². The molecule has 1 aromatic carbocycles. The van der Waals surface area contributed by atoms with E-state index in [9.17, 15) is 4.79 Å². The Bertz CT molecular complexity index is 620. The van der Waals surface area contributed by atoms with Crippen LogP contribution in [-0.4, -0.2) is 21.9 Å². The maximum absolute atomic E-state index is 11.6. The first-order valence-corrected chi connectivity index (χ1v) is 6.06. The molecule has 0 aliphatic heterocycles. The van der Waals surface area contributed by atoms with Crippen LogP contribution in [0.5, 0.6) is 0 Å². The number of halogens is 1. The monoisotopic (exact) mass is 323 g/mol. The van der Waals surface area contributed by atoms with Crippen molar-refractivity contribution in [2.75, 3.05) is 5.73 Å². The summed E-state index contributed by atoms with van der Waals surface area (Å²) in [6.45, 7) is 1.77. The first kappa shape index (κ1) is 13.2. The molecule has 0 aliphatic carbocycles. The van der Waals surface area contributed by atoms with E-state index in [1.807, 2.05) is 24.3 Å². The highest BCUT2D eigenvalue weighted by atomic mass is 79.9. The lowest BCUT2D eigenvalue weighted by molar-refractivity contribution is 0.0945. The number of carbonyl (C=O) groups is 1. The Balaban J connectivity index is 2.08. The van der Waals surface area contributed by atoms with Gasteiger partial charge >= 0.3 is 0 Å². The molecule has 0 radical (unpaired) electrons. The van der Waals surface area contributed by atoms with Crippen LogP contribution in [0.15, 0.2) is 38.5 Å². The van der Waals surface area contributed by atoms with Gasteiger partial charge in [-0.25, -0.2) is 10.1 Å². The fraction of sp³-hybridized carbons (Fsp3) is 0.0909. The van der Waals surface area contributed by atoms with Gasteiger partial charge < -0.3 is 5.73 Å². The molecule has 0 saturated carbocycles. The Morgan fingerprint density at radius 1 is 1.37 bits per heavy atom. The van der Waals surface area contributed by atoms with Gasteiger partial charge in [-0.05, 0) is 34.9 Å². The van der Waals surface area contributed by atoms with Crippen LogP contribution in [0.2, 0.25) is 0 Å². The van der Waals surface area contributed by atoms with Crippen molar-refractivity contribution in [1.29, 1.82) is 0 Å². The van der Waals surface area contributed by atoms with Gasteiger partial charge in [0.25, 0.3) is 5.91 Å². The summed E-state index contributed by atoms with van der Waals surface area (Å²) in [6, 6.07) is 7.52. The summed E-state index contributed by atoms with van der Waals surface area (Å²) in [4.78, 5) is 11.6. The number of carbonyl (C=O) groups excluding carboxylic acids is 1. The molecule has 7 nitrogen and oxygen atoms in total. The molecular formula is C11H10BrN5O2. The molecule has 0 saturated heterocycles. The molecule has 98 valence electrons. The number of anilines is 1. The van der Waals surface area contributed by atoms with Gasteiger partial charge in [-0.2, -0.15) is 5.10 Å². The van der Waals surface area contributed by atoms with Crippen LogP contribution in [-0.2, 0) is 0 Å². The summed E-state index contributed by atoms with van der Waals surface area (Å²) in [7, 11) is 0. The van der Waals surface area contributed by atoms with E-state index in [2.05, 4.69) is 41.4 Å². The number of nitrogens with two attached hydrogens (primary N) is 1. The van der Waals surface area contributed by atoms with Gasteiger partial charge in [0.1, 0.15) is 0 Å². The fourth-order valence-electron chi connectivity index (χ4n) is 1.30. The molecule has 0 fully saturated rings. The van der Waals surface area contributed by atoms with Crippen LogP contribution in [0.25, 0.3) is 0 Å². The zero-order valence-corrected chi connectivity index (χ0v) is 11.5. The number of rotatable bonds is 3. The van der Waals surface area contributed by atoms with Crippen LogP contribution in [0.1, 0.15) is 23.0 Å². The number of hydrogen-bond donors (Lipinski definition) is 2. The minimum absolute atomic E-state index is 0.0750. The SMILES string of the molecule is C/C(=N/NC(=O)c1nonc1N)c1ccc(Br)cc1. The molecule has 0 spiro atoms. The second kappa shape index (κ2) is 5.61. The normalized spacial score (nSPS) is 11.4. The molecule has 1 heterocycles. The van der Waals surface area contributed by atoms with Gasteiger partial charge in [-0.1, -0.05) is 28.1 Å². The van der Waals surface area contributed by atoms with Crippen molar-refractivity contribution in [2.45, 2.75) is 6.92 Å². The van der Waals surface area contributed by atoms with Gasteiger partial charge in [0.15, 0.2) is 0 Å². The van der Waals surface area contributed by atoms with E-state index in [4.69, 9.17) is 5.73 Å². The molecule has 1 amide bonds. The first-order chi connectivity index (χ1) is 9.08. The Morgan fingerprint density at radius 3 is 2.63 bits per heavy atom. The van der Waals surface area contributed by atoms with Gasteiger partial charge in [-0.15, -0.1) is 0 Å². The summed E-state index contributed by atoms with van der Waals surface area (Å²) in [5.74, 6) is -0.649. The van der Waals surface area contributed by atoms with Gasteiger partial charge in [0.05, 0.1) is 5.71 Å². The Labute approximate surface area is 117 Å². The minimum atomic E-state index is -0.574.